The second-order valence-electron chi connectivity index (χ2n) is 3.56. The topological polar surface area (TPSA) is 35.2 Å². The average Bonchev–Trinajstić information content (AvgIpc) is 2.18. The Hall–Kier alpha value is -0.880. The molecule has 1 aromatic carbocycles. The van der Waals surface area contributed by atoms with E-state index in [4.69, 9.17) is 5.73 Å². The first kappa shape index (κ1) is 14.2. The SMILES string of the molecule is Cc1ccc(SCCOCC(F)(F)F)c(N)c1. The molecule has 0 aliphatic rings. The number of hydrogen-bond acceptors (Lipinski definition) is 3. The minimum atomic E-state index is -4.26. The Morgan fingerprint density at radius 1 is 1.35 bits per heavy atom. The van der Waals surface area contributed by atoms with Crippen molar-refractivity contribution < 1.29 is 17.9 Å². The molecule has 2 nitrogen and oxygen atoms in total. The predicted octanol–water partition coefficient (Wildman–Crippen LogP) is 3.25. The van der Waals surface area contributed by atoms with Gasteiger partial charge in [-0.1, -0.05) is 6.07 Å². The van der Waals surface area contributed by atoms with E-state index in [9.17, 15) is 13.2 Å². The van der Waals surface area contributed by atoms with Gasteiger partial charge in [-0.2, -0.15) is 13.2 Å². The number of hydrogen-bond donors (Lipinski definition) is 1. The molecule has 96 valence electrons. The van der Waals surface area contributed by atoms with Gasteiger partial charge in [0, 0.05) is 16.3 Å². The highest BCUT2D eigenvalue weighted by Gasteiger charge is 2.27. The fourth-order valence-electron chi connectivity index (χ4n) is 1.20. The molecule has 0 spiro atoms. The molecule has 0 saturated carbocycles. The third kappa shape index (κ3) is 5.83. The second-order valence-corrected chi connectivity index (χ2v) is 4.69. The van der Waals surface area contributed by atoms with Gasteiger partial charge >= 0.3 is 6.18 Å². The van der Waals surface area contributed by atoms with Gasteiger partial charge in [0.25, 0.3) is 0 Å². The molecule has 0 fully saturated rings. The fraction of sp³-hybridized carbons (Fsp3) is 0.455. The Morgan fingerprint density at radius 2 is 2.06 bits per heavy atom. The van der Waals surface area contributed by atoms with Crippen molar-refractivity contribution in [2.24, 2.45) is 0 Å². The molecule has 0 heterocycles. The molecular weight excluding hydrogens is 251 g/mol. The smallest absolute Gasteiger partial charge is 0.398 e. The quantitative estimate of drug-likeness (QED) is 0.504. The molecule has 0 aliphatic carbocycles. The van der Waals surface area contributed by atoms with Crippen molar-refractivity contribution in [3.63, 3.8) is 0 Å². The van der Waals surface area contributed by atoms with Crippen LogP contribution in [0.4, 0.5) is 18.9 Å². The minimum Gasteiger partial charge on any atom is -0.398 e. The summed E-state index contributed by atoms with van der Waals surface area (Å²) in [5, 5.41) is 0. The first-order valence-corrected chi connectivity index (χ1v) is 6.00. The van der Waals surface area contributed by atoms with Crippen molar-refractivity contribution in [3.8, 4) is 0 Å². The molecule has 1 aromatic rings. The lowest BCUT2D eigenvalue weighted by atomic mass is 10.2. The van der Waals surface area contributed by atoms with Crippen molar-refractivity contribution in [1.29, 1.82) is 0 Å². The molecule has 0 aliphatic heterocycles. The van der Waals surface area contributed by atoms with E-state index in [1.807, 2.05) is 25.1 Å². The van der Waals surface area contributed by atoms with Crippen LogP contribution >= 0.6 is 11.8 Å². The van der Waals surface area contributed by atoms with Crippen LogP contribution in [0, 0.1) is 6.92 Å². The van der Waals surface area contributed by atoms with E-state index in [0.29, 0.717) is 11.4 Å². The largest absolute Gasteiger partial charge is 0.411 e. The average molecular weight is 265 g/mol. The Balaban J connectivity index is 2.27. The number of benzene rings is 1. The number of rotatable bonds is 5. The van der Waals surface area contributed by atoms with Gasteiger partial charge in [0.2, 0.25) is 0 Å². The van der Waals surface area contributed by atoms with Gasteiger partial charge in [0.15, 0.2) is 0 Å². The maximum atomic E-state index is 11.8. The van der Waals surface area contributed by atoms with Crippen LogP contribution in [-0.2, 0) is 4.74 Å². The first-order chi connectivity index (χ1) is 7.88. The van der Waals surface area contributed by atoms with Gasteiger partial charge in [-0.3, -0.25) is 0 Å². The molecule has 2 N–H and O–H groups in total. The molecule has 0 atom stereocenters. The number of nitrogen functional groups attached to an aromatic ring is 1. The lowest BCUT2D eigenvalue weighted by molar-refractivity contribution is -0.172. The number of halogens is 3. The van der Waals surface area contributed by atoms with Crippen LogP contribution in [-0.4, -0.2) is 25.1 Å². The molecule has 0 aromatic heterocycles. The van der Waals surface area contributed by atoms with Crippen molar-refractivity contribution in [3.05, 3.63) is 23.8 Å². The van der Waals surface area contributed by atoms with E-state index in [0.717, 1.165) is 10.5 Å². The van der Waals surface area contributed by atoms with Crippen LogP contribution in [0.3, 0.4) is 0 Å². The maximum absolute atomic E-state index is 11.8. The lowest BCUT2D eigenvalue weighted by Gasteiger charge is -2.08. The van der Waals surface area contributed by atoms with Crippen LogP contribution in [0.2, 0.25) is 0 Å². The fourth-order valence-corrected chi connectivity index (χ4v) is 2.01. The number of nitrogens with two attached hydrogens (primary N) is 1. The monoisotopic (exact) mass is 265 g/mol. The molecule has 0 unspecified atom stereocenters. The minimum absolute atomic E-state index is 0.0531. The van der Waals surface area contributed by atoms with Gasteiger partial charge < -0.3 is 10.5 Å². The van der Waals surface area contributed by atoms with Gasteiger partial charge in [0.1, 0.15) is 6.61 Å². The molecule has 0 saturated heterocycles. The highest BCUT2D eigenvalue weighted by molar-refractivity contribution is 7.99. The van der Waals surface area contributed by atoms with Crippen LogP contribution in [0.15, 0.2) is 23.1 Å². The Morgan fingerprint density at radius 3 is 2.65 bits per heavy atom. The standard InChI is InChI=1S/C11H14F3NOS/c1-8-2-3-10(9(15)6-8)17-5-4-16-7-11(12,13)14/h2-3,6H,4-5,7,15H2,1H3. The van der Waals surface area contributed by atoms with E-state index < -0.39 is 12.8 Å². The van der Waals surface area contributed by atoms with E-state index in [2.05, 4.69) is 4.74 Å². The Labute approximate surface area is 102 Å². The number of aryl methyl sites for hydroxylation is 1. The zero-order valence-electron chi connectivity index (χ0n) is 9.38. The molecule has 17 heavy (non-hydrogen) atoms. The summed E-state index contributed by atoms with van der Waals surface area (Å²) in [6, 6.07) is 5.60. The summed E-state index contributed by atoms with van der Waals surface area (Å²) in [6.45, 7) is 0.783. The number of anilines is 1. The number of thioether (sulfide) groups is 1. The van der Waals surface area contributed by atoms with Crippen LogP contribution in [0.1, 0.15) is 5.56 Å². The molecule has 6 heteroatoms. The molecule has 1 rings (SSSR count). The summed E-state index contributed by atoms with van der Waals surface area (Å²) in [5.41, 5.74) is 7.46. The summed E-state index contributed by atoms with van der Waals surface area (Å²) in [4.78, 5) is 0.867. The highest BCUT2D eigenvalue weighted by Crippen LogP contribution is 2.25. The maximum Gasteiger partial charge on any atom is 0.411 e. The second kappa shape index (κ2) is 6.16. The molecular formula is C11H14F3NOS. The van der Waals surface area contributed by atoms with E-state index in [1.165, 1.54) is 11.8 Å². The van der Waals surface area contributed by atoms with Crippen molar-refractivity contribution >= 4 is 17.4 Å². The Kier molecular flexibility index (Phi) is 5.14. The highest BCUT2D eigenvalue weighted by atomic mass is 32.2. The van der Waals surface area contributed by atoms with Crippen molar-refractivity contribution in [2.75, 3.05) is 24.7 Å². The lowest BCUT2D eigenvalue weighted by Crippen LogP contribution is -2.17. The predicted molar refractivity (Wildman–Crippen MR) is 63.2 cm³/mol. The molecule has 0 bridgehead atoms. The summed E-state index contributed by atoms with van der Waals surface area (Å²) in [7, 11) is 0. The van der Waals surface area contributed by atoms with Gasteiger partial charge in [0.05, 0.1) is 6.61 Å². The van der Waals surface area contributed by atoms with Gasteiger partial charge in [-0.15, -0.1) is 11.8 Å². The van der Waals surface area contributed by atoms with Crippen LogP contribution in [0.25, 0.3) is 0 Å². The van der Waals surface area contributed by atoms with Crippen LogP contribution in [0.5, 0.6) is 0 Å². The van der Waals surface area contributed by atoms with Gasteiger partial charge in [-0.05, 0) is 24.6 Å². The third-order valence-electron chi connectivity index (χ3n) is 1.92. The van der Waals surface area contributed by atoms with Gasteiger partial charge in [-0.25, -0.2) is 0 Å². The summed E-state index contributed by atoms with van der Waals surface area (Å²) in [5.74, 6) is 0.448. The first-order valence-electron chi connectivity index (χ1n) is 5.02. The molecule has 0 amide bonds. The third-order valence-corrected chi connectivity index (χ3v) is 2.97. The summed E-state index contributed by atoms with van der Waals surface area (Å²) >= 11 is 1.39. The summed E-state index contributed by atoms with van der Waals surface area (Å²) in [6.07, 6.45) is -4.26. The van der Waals surface area contributed by atoms with E-state index >= 15 is 0 Å². The zero-order chi connectivity index (χ0) is 12.9. The van der Waals surface area contributed by atoms with Crippen molar-refractivity contribution in [1.82, 2.24) is 0 Å². The number of alkyl halides is 3. The van der Waals surface area contributed by atoms with Crippen molar-refractivity contribution in [2.45, 2.75) is 18.0 Å². The molecule has 0 radical (unpaired) electrons. The zero-order valence-corrected chi connectivity index (χ0v) is 10.2. The normalized spacial score (nSPS) is 11.8. The number of ether oxygens (including phenoxy) is 1. The summed E-state index contributed by atoms with van der Waals surface area (Å²) < 4.78 is 39.8. The Bertz CT molecular complexity index is 368. The van der Waals surface area contributed by atoms with E-state index in [-0.39, 0.29) is 6.61 Å². The van der Waals surface area contributed by atoms with E-state index in [1.54, 1.807) is 0 Å². The van der Waals surface area contributed by atoms with Crippen LogP contribution < -0.4 is 5.73 Å².